The van der Waals surface area contributed by atoms with Gasteiger partial charge in [0.2, 0.25) is 5.75 Å². The summed E-state index contributed by atoms with van der Waals surface area (Å²) in [6, 6.07) is 4.90. The van der Waals surface area contributed by atoms with Crippen molar-refractivity contribution >= 4 is 52.1 Å². The van der Waals surface area contributed by atoms with Crippen molar-refractivity contribution in [2.75, 3.05) is 0 Å². The SMILES string of the molecule is Clc1cc(Cl)cc(Cl)c1.O.O=CCl. The van der Waals surface area contributed by atoms with Gasteiger partial charge >= 0.3 is 0 Å². The van der Waals surface area contributed by atoms with E-state index in [9.17, 15) is 0 Å². The maximum absolute atomic E-state index is 8.57. The Hall–Kier alpha value is 0.01000. The van der Waals surface area contributed by atoms with E-state index in [1.54, 1.807) is 18.2 Å². The fourth-order valence-electron chi connectivity index (χ4n) is 0.520. The Kier molecular flexibility index (Phi) is 10.2. The second-order valence-corrected chi connectivity index (χ2v) is 3.16. The van der Waals surface area contributed by atoms with Crippen molar-refractivity contribution in [3.63, 3.8) is 0 Å². The van der Waals surface area contributed by atoms with E-state index in [1.807, 2.05) is 0 Å². The molecule has 13 heavy (non-hydrogen) atoms. The number of benzene rings is 1. The van der Waals surface area contributed by atoms with Gasteiger partial charge in [-0.1, -0.05) is 34.8 Å². The molecule has 2 N–H and O–H groups in total. The molecule has 0 aromatic heterocycles. The molecule has 0 aliphatic rings. The van der Waals surface area contributed by atoms with E-state index in [1.165, 1.54) is 0 Å². The van der Waals surface area contributed by atoms with Crippen LogP contribution in [0.3, 0.4) is 0 Å². The van der Waals surface area contributed by atoms with E-state index in [4.69, 9.17) is 39.6 Å². The van der Waals surface area contributed by atoms with Gasteiger partial charge in [0.05, 0.1) is 0 Å². The fraction of sp³-hybridized carbons (Fsp3) is 0. The summed E-state index contributed by atoms with van der Waals surface area (Å²) < 4.78 is 0. The number of halogens is 4. The summed E-state index contributed by atoms with van der Waals surface area (Å²) in [5, 5.41) is 1.69. The Balaban J connectivity index is 0. The first-order chi connectivity index (χ1) is 5.60. The van der Waals surface area contributed by atoms with Gasteiger partial charge in [-0.15, -0.1) is 0 Å². The van der Waals surface area contributed by atoms with Crippen LogP contribution < -0.4 is 0 Å². The summed E-state index contributed by atoms with van der Waals surface area (Å²) in [4.78, 5) is 8.57. The van der Waals surface area contributed by atoms with Gasteiger partial charge in [-0.3, -0.25) is 4.79 Å². The van der Waals surface area contributed by atoms with Gasteiger partial charge in [-0.25, -0.2) is 0 Å². The summed E-state index contributed by atoms with van der Waals surface area (Å²) in [7, 11) is 0. The molecule has 1 aromatic carbocycles. The second-order valence-electron chi connectivity index (χ2n) is 1.68. The van der Waals surface area contributed by atoms with Crippen LogP contribution in [0.4, 0.5) is 0 Å². The first kappa shape index (κ1) is 15.5. The van der Waals surface area contributed by atoms with Crippen molar-refractivity contribution < 1.29 is 10.3 Å². The predicted molar refractivity (Wildman–Crippen MR) is 57.7 cm³/mol. The van der Waals surface area contributed by atoms with Crippen LogP contribution in [0, 0.1) is 0 Å². The molecule has 1 aromatic rings. The van der Waals surface area contributed by atoms with E-state index >= 15 is 0 Å². The van der Waals surface area contributed by atoms with Gasteiger partial charge in [0.25, 0.3) is 0 Å². The standard InChI is InChI=1S/C6H3Cl3.CHClO.H2O/c7-4-1-5(8)3-6(9)2-4;2-1-3;/h1-3H;1H;1H2. The number of rotatable bonds is 0. The molecular formula is C7H6Cl4O2. The first-order valence-electron chi connectivity index (χ1n) is 2.75. The predicted octanol–water partition coefficient (Wildman–Crippen LogP) is 3.24. The van der Waals surface area contributed by atoms with Crippen LogP contribution in [0.1, 0.15) is 0 Å². The second kappa shape index (κ2) is 8.60. The van der Waals surface area contributed by atoms with E-state index in [0.717, 1.165) is 0 Å². The van der Waals surface area contributed by atoms with Crippen molar-refractivity contribution in [3.8, 4) is 0 Å². The Morgan fingerprint density at radius 2 is 1.08 bits per heavy atom. The van der Waals surface area contributed by atoms with Crippen molar-refractivity contribution in [1.29, 1.82) is 0 Å². The Morgan fingerprint density at radius 1 is 0.923 bits per heavy atom. The van der Waals surface area contributed by atoms with Crippen molar-refractivity contribution in [2.45, 2.75) is 0 Å². The van der Waals surface area contributed by atoms with Crippen LogP contribution in [-0.2, 0) is 4.79 Å². The highest BCUT2D eigenvalue weighted by Gasteiger charge is 1.92. The molecular weight excluding hydrogens is 258 g/mol. The number of hydrogen-bond donors (Lipinski definition) is 0. The van der Waals surface area contributed by atoms with Crippen LogP contribution in [0.15, 0.2) is 18.2 Å². The quantitative estimate of drug-likeness (QED) is 0.524. The van der Waals surface area contributed by atoms with Crippen LogP contribution in [0.2, 0.25) is 15.1 Å². The summed E-state index contributed by atoms with van der Waals surface area (Å²) >= 11 is 21.1. The molecule has 0 aliphatic carbocycles. The van der Waals surface area contributed by atoms with Gasteiger partial charge < -0.3 is 5.48 Å². The maximum atomic E-state index is 8.57. The van der Waals surface area contributed by atoms with Gasteiger partial charge in [-0.2, -0.15) is 0 Å². The third-order valence-corrected chi connectivity index (χ3v) is 1.48. The maximum Gasteiger partial charge on any atom is 0.208 e. The van der Waals surface area contributed by atoms with Crippen molar-refractivity contribution in [3.05, 3.63) is 33.3 Å². The van der Waals surface area contributed by atoms with E-state index < -0.39 is 0 Å². The molecule has 0 heterocycles. The van der Waals surface area contributed by atoms with Crippen molar-refractivity contribution in [1.82, 2.24) is 0 Å². The lowest BCUT2D eigenvalue weighted by molar-refractivity contribution is 0.569. The molecule has 0 aliphatic heterocycles. The molecule has 0 atom stereocenters. The molecule has 1 rings (SSSR count). The Labute approximate surface area is 95.7 Å². The molecule has 0 unspecified atom stereocenters. The zero-order chi connectivity index (χ0) is 9.56. The average molecular weight is 264 g/mol. The normalized spacial score (nSPS) is 7.69. The highest BCUT2D eigenvalue weighted by atomic mass is 35.5. The third-order valence-electron chi connectivity index (χ3n) is 0.827. The van der Waals surface area contributed by atoms with E-state index in [-0.39, 0.29) is 11.2 Å². The lowest BCUT2D eigenvalue weighted by Crippen LogP contribution is -1.65. The molecule has 0 spiro atoms. The largest absolute Gasteiger partial charge is 0.412 e. The topological polar surface area (TPSA) is 48.6 Å². The van der Waals surface area contributed by atoms with E-state index in [0.29, 0.717) is 15.1 Å². The van der Waals surface area contributed by atoms with E-state index in [2.05, 4.69) is 11.6 Å². The summed E-state index contributed by atoms with van der Waals surface area (Å²) in [5.74, 6) is 0.222. The molecule has 0 bridgehead atoms. The van der Waals surface area contributed by atoms with Gasteiger partial charge in [-0.05, 0) is 29.8 Å². The van der Waals surface area contributed by atoms with Crippen LogP contribution in [0.25, 0.3) is 0 Å². The minimum Gasteiger partial charge on any atom is -0.412 e. The smallest absolute Gasteiger partial charge is 0.208 e. The summed E-state index contributed by atoms with van der Waals surface area (Å²) in [6.07, 6.45) is 0. The minimum atomic E-state index is 0. The Morgan fingerprint density at radius 3 is 1.23 bits per heavy atom. The average Bonchev–Trinajstić information content (AvgIpc) is 1.84. The molecule has 6 heteroatoms. The van der Waals surface area contributed by atoms with Crippen LogP contribution >= 0.6 is 46.4 Å². The third kappa shape index (κ3) is 8.34. The zero-order valence-corrected chi connectivity index (χ0v) is 9.25. The van der Waals surface area contributed by atoms with Crippen LogP contribution in [-0.4, -0.2) is 11.2 Å². The van der Waals surface area contributed by atoms with Gasteiger partial charge in [0, 0.05) is 15.1 Å². The summed E-state index contributed by atoms with van der Waals surface area (Å²) in [5.41, 5.74) is 0. The molecule has 0 saturated heterocycles. The monoisotopic (exact) mass is 262 g/mol. The lowest BCUT2D eigenvalue weighted by Gasteiger charge is -1.91. The number of hydrogen-bond acceptors (Lipinski definition) is 1. The molecule has 0 amide bonds. The minimum absolute atomic E-state index is 0. The van der Waals surface area contributed by atoms with Crippen LogP contribution in [0.5, 0.6) is 0 Å². The fourth-order valence-corrected chi connectivity index (χ4v) is 1.39. The van der Waals surface area contributed by atoms with Gasteiger partial charge in [0.1, 0.15) is 0 Å². The highest BCUT2D eigenvalue weighted by molar-refractivity contribution is 6.54. The lowest BCUT2D eigenvalue weighted by atomic mass is 10.4. The molecule has 74 valence electrons. The zero-order valence-electron chi connectivity index (χ0n) is 6.23. The molecule has 2 nitrogen and oxygen atoms in total. The Bertz CT molecular complexity index is 214. The highest BCUT2D eigenvalue weighted by Crippen LogP contribution is 2.21. The number of carbonyl (C=O) groups is 1. The summed E-state index contributed by atoms with van der Waals surface area (Å²) in [6.45, 7) is 0. The molecule has 0 saturated carbocycles. The van der Waals surface area contributed by atoms with Gasteiger partial charge in [0.15, 0.2) is 0 Å². The number of carbonyl (C=O) groups excluding carboxylic acids is 1. The first-order valence-corrected chi connectivity index (χ1v) is 4.32. The molecule has 0 radical (unpaired) electrons. The van der Waals surface area contributed by atoms with Crippen molar-refractivity contribution in [2.24, 2.45) is 0 Å². The molecule has 0 fully saturated rings.